The van der Waals surface area contributed by atoms with Gasteiger partial charge in [0.05, 0.1) is 23.7 Å². The molecule has 0 bridgehead atoms. The molecule has 0 radical (unpaired) electrons. The predicted molar refractivity (Wildman–Crippen MR) is 126 cm³/mol. The molecule has 174 valence electrons. The van der Waals surface area contributed by atoms with Crippen LogP contribution in [0, 0.1) is 0 Å². The summed E-state index contributed by atoms with van der Waals surface area (Å²) in [6.45, 7) is 2.00. The van der Waals surface area contributed by atoms with Crippen molar-refractivity contribution in [3.63, 3.8) is 0 Å². The van der Waals surface area contributed by atoms with Crippen molar-refractivity contribution in [2.45, 2.75) is 56.7 Å². The second-order valence-electron chi connectivity index (χ2n) is 9.05. The Morgan fingerprint density at radius 2 is 1.91 bits per heavy atom. The van der Waals surface area contributed by atoms with Gasteiger partial charge in [-0.3, -0.25) is 4.98 Å². The number of ether oxygens (including phenoxy) is 3. The van der Waals surface area contributed by atoms with Crippen molar-refractivity contribution in [1.29, 1.82) is 0 Å². The van der Waals surface area contributed by atoms with Crippen LogP contribution in [0.1, 0.15) is 43.2 Å². The zero-order chi connectivity index (χ0) is 22.7. The summed E-state index contributed by atoms with van der Waals surface area (Å²) in [7, 11) is 1.62. The fourth-order valence-electron chi connectivity index (χ4n) is 4.81. The van der Waals surface area contributed by atoms with Crippen molar-refractivity contribution in [1.82, 2.24) is 15.3 Å². The number of fused-ring (bicyclic) bond motifs is 2. The highest BCUT2D eigenvalue weighted by molar-refractivity contribution is 5.78. The van der Waals surface area contributed by atoms with Gasteiger partial charge in [-0.2, -0.15) is 0 Å². The maximum absolute atomic E-state index is 11.2. The first-order chi connectivity index (χ1) is 16.1. The molecule has 5 rings (SSSR count). The van der Waals surface area contributed by atoms with Crippen molar-refractivity contribution in [3.8, 4) is 17.4 Å². The second kappa shape index (κ2) is 9.53. The lowest BCUT2D eigenvalue weighted by molar-refractivity contribution is -0.0108. The van der Waals surface area contributed by atoms with Gasteiger partial charge >= 0.3 is 0 Å². The lowest BCUT2D eigenvalue weighted by atomic mass is 9.78. The number of nitrogens with one attached hydrogen (secondary N) is 1. The Balaban J connectivity index is 1.14. The molecule has 1 fully saturated rings. The number of aromatic nitrogens is 2. The minimum Gasteiger partial charge on any atom is -0.486 e. The fraction of sp³-hybridized carbons (Fsp3) is 0.462. The molecule has 2 aliphatic rings. The van der Waals surface area contributed by atoms with Gasteiger partial charge < -0.3 is 24.6 Å². The number of hydrogen-bond acceptors (Lipinski definition) is 7. The van der Waals surface area contributed by atoms with Gasteiger partial charge in [0.1, 0.15) is 13.2 Å². The van der Waals surface area contributed by atoms with Gasteiger partial charge in [-0.15, -0.1) is 0 Å². The number of methoxy groups -OCH3 is 1. The summed E-state index contributed by atoms with van der Waals surface area (Å²) < 4.78 is 16.6. The topological polar surface area (TPSA) is 85.7 Å². The molecule has 7 heteroatoms. The van der Waals surface area contributed by atoms with Crippen molar-refractivity contribution in [3.05, 3.63) is 53.7 Å². The zero-order valence-electron chi connectivity index (χ0n) is 19.0. The number of rotatable bonds is 7. The molecule has 3 heterocycles. The summed E-state index contributed by atoms with van der Waals surface area (Å²) in [5, 5.41) is 14.9. The Morgan fingerprint density at radius 3 is 2.73 bits per heavy atom. The maximum Gasteiger partial charge on any atom is 0.213 e. The van der Waals surface area contributed by atoms with E-state index in [-0.39, 0.29) is 0 Å². The van der Waals surface area contributed by atoms with Crippen LogP contribution in [0.25, 0.3) is 11.0 Å². The number of pyridine rings is 2. The van der Waals surface area contributed by atoms with E-state index in [9.17, 15) is 5.11 Å². The van der Waals surface area contributed by atoms with Crippen LogP contribution in [0.15, 0.2) is 42.6 Å². The van der Waals surface area contributed by atoms with E-state index in [1.54, 1.807) is 7.11 Å². The van der Waals surface area contributed by atoms with E-state index >= 15 is 0 Å². The van der Waals surface area contributed by atoms with E-state index in [0.717, 1.165) is 73.2 Å². The van der Waals surface area contributed by atoms with Gasteiger partial charge in [-0.05, 0) is 73.9 Å². The highest BCUT2D eigenvalue weighted by Gasteiger charge is 2.33. The first-order valence-corrected chi connectivity index (χ1v) is 11.7. The number of aliphatic hydroxyl groups is 1. The second-order valence-corrected chi connectivity index (χ2v) is 9.05. The minimum absolute atomic E-state index is 0.408. The maximum atomic E-state index is 11.2. The normalized spacial score (nSPS) is 22.3. The highest BCUT2D eigenvalue weighted by atomic mass is 16.6. The van der Waals surface area contributed by atoms with E-state index in [1.807, 2.05) is 30.5 Å². The molecule has 0 spiro atoms. The van der Waals surface area contributed by atoms with E-state index in [1.165, 1.54) is 5.56 Å². The average Bonchev–Trinajstić information content (AvgIpc) is 2.87. The third kappa shape index (κ3) is 5.04. The molecular weight excluding hydrogens is 418 g/mol. The van der Waals surface area contributed by atoms with Crippen molar-refractivity contribution < 1.29 is 19.3 Å². The van der Waals surface area contributed by atoms with Crippen molar-refractivity contribution in [2.75, 3.05) is 20.3 Å². The van der Waals surface area contributed by atoms with Gasteiger partial charge in [0, 0.05) is 24.8 Å². The average molecular weight is 450 g/mol. The highest BCUT2D eigenvalue weighted by Crippen LogP contribution is 2.34. The molecule has 1 saturated carbocycles. The third-order valence-corrected chi connectivity index (χ3v) is 6.83. The van der Waals surface area contributed by atoms with Crippen LogP contribution in [0.2, 0.25) is 0 Å². The molecule has 2 aromatic heterocycles. The van der Waals surface area contributed by atoms with Crippen LogP contribution in [0.5, 0.6) is 17.4 Å². The molecule has 0 saturated heterocycles. The van der Waals surface area contributed by atoms with Crippen molar-refractivity contribution in [2.24, 2.45) is 0 Å². The third-order valence-electron chi connectivity index (χ3n) is 6.83. The molecule has 0 amide bonds. The summed E-state index contributed by atoms with van der Waals surface area (Å²) in [4.78, 5) is 8.98. The lowest BCUT2D eigenvalue weighted by Crippen LogP contribution is -2.41. The summed E-state index contributed by atoms with van der Waals surface area (Å²) in [6.07, 6.45) is 6.82. The lowest BCUT2D eigenvalue weighted by Gasteiger charge is -2.36. The molecule has 7 nitrogen and oxygen atoms in total. The van der Waals surface area contributed by atoms with Gasteiger partial charge in [-0.1, -0.05) is 6.07 Å². The summed E-state index contributed by atoms with van der Waals surface area (Å²) in [5.41, 5.74) is 3.37. The number of benzene rings is 1. The van der Waals surface area contributed by atoms with Crippen LogP contribution in [-0.4, -0.2) is 47.0 Å². The summed E-state index contributed by atoms with van der Waals surface area (Å²) >= 11 is 0. The standard InChI is InChI=1S/C26H31N3O4/c1-31-24-5-3-21-25(29-24)19(9-13-27-21)6-10-26(30)11-7-20(8-12-26)28-17-18-2-4-22-23(16-18)33-15-14-32-22/h2-5,9,13,16,20,28,30H,6-8,10-12,14-15,17H2,1H3/t20-,26-. The van der Waals surface area contributed by atoms with Gasteiger partial charge in [0.2, 0.25) is 5.88 Å². The largest absolute Gasteiger partial charge is 0.486 e. The smallest absolute Gasteiger partial charge is 0.213 e. The van der Waals surface area contributed by atoms with E-state index in [4.69, 9.17) is 14.2 Å². The van der Waals surface area contributed by atoms with Crippen LogP contribution in [0.3, 0.4) is 0 Å². The van der Waals surface area contributed by atoms with Crippen LogP contribution < -0.4 is 19.5 Å². The SMILES string of the molecule is COc1ccc2nccc(CC[C@]3(O)CC[C@H](NCc4ccc5c(c4)OCCO5)CC3)c2n1. The fourth-order valence-corrected chi connectivity index (χ4v) is 4.81. The van der Waals surface area contributed by atoms with Crippen molar-refractivity contribution >= 4 is 11.0 Å². The molecule has 0 atom stereocenters. The Hall–Kier alpha value is -2.90. The van der Waals surface area contributed by atoms with Crippen LogP contribution >= 0.6 is 0 Å². The monoisotopic (exact) mass is 449 g/mol. The summed E-state index contributed by atoms with van der Waals surface area (Å²) in [5.74, 6) is 2.23. The molecule has 2 N–H and O–H groups in total. The van der Waals surface area contributed by atoms with Gasteiger partial charge in [-0.25, -0.2) is 4.98 Å². The molecular formula is C26H31N3O4. The van der Waals surface area contributed by atoms with E-state index in [0.29, 0.717) is 25.1 Å². The first-order valence-electron chi connectivity index (χ1n) is 11.7. The van der Waals surface area contributed by atoms with E-state index in [2.05, 4.69) is 27.4 Å². The Morgan fingerprint density at radius 1 is 1.09 bits per heavy atom. The van der Waals surface area contributed by atoms with Gasteiger partial charge in [0.15, 0.2) is 11.5 Å². The number of aryl methyl sites for hydroxylation is 1. The molecule has 1 aliphatic carbocycles. The quantitative estimate of drug-likeness (QED) is 0.567. The predicted octanol–water partition coefficient (Wildman–Crippen LogP) is 3.81. The summed E-state index contributed by atoms with van der Waals surface area (Å²) in [6, 6.07) is 12.3. The van der Waals surface area contributed by atoms with E-state index < -0.39 is 5.60 Å². The van der Waals surface area contributed by atoms with Gasteiger partial charge in [0.25, 0.3) is 0 Å². The first kappa shape index (κ1) is 21.9. The molecule has 0 unspecified atom stereocenters. The molecule has 3 aromatic rings. The molecule has 1 aromatic carbocycles. The number of hydrogen-bond donors (Lipinski definition) is 2. The minimum atomic E-state index is -0.635. The molecule has 33 heavy (non-hydrogen) atoms. The van der Waals surface area contributed by atoms with Crippen LogP contribution in [-0.2, 0) is 13.0 Å². The Kier molecular flexibility index (Phi) is 6.33. The molecule has 1 aliphatic heterocycles. The Labute approximate surface area is 194 Å². The Bertz CT molecular complexity index is 1110. The zero-order valence-corrected chi connectivity index (χ0v) is 19.0. The van der Waals surface area contributed by atoms with Crippen LogP contribution in [0.4, 0.5) is 0 Å². The number of nitrogens with zero attached hydrogens (tertiary/aromatic N) is 2.